The summed E-state index contributed by atoms with van der Waals surface area (Å²) in [6, 6.07) is 10.3. The van der Waals surface area contributed by atoms with Crippen molar-refractivity contribution in [2.45, 2.75) is 20.3 Å². The quantitative estimate of drug-likeness (QED) is 0.755. The topological polar surface area (TPSA) is 20.3 Å². The van der Waals surface area contributed by atoms with Gasteiger partial charge in [-0.3, -0.25) is 9.69 Å². The first-order valence-corrected chi connectivity index (χ1v) is 7.75. The molecule has 0 saturated heterocycles. The van der Waals surface area contributed by atoms with Gasteiger partial charge < -0.3 is 0 Å². The molecule has 0 radical (unpaired) electrons. The van der Waals surface area contributed by atoms with E-state index in [9.17, 15) is 4.79 Å². The minimum atomic E-state index is 0.208. The zero-order valence-electron chi connectivity index (χ0n) is 12.3. The van der Waals surface area contributed by atoms with Crippen LogP contribution in [-0.2, 0) is 6.42 Å². The van der Waals surface area contributed by atoms with Crippen molar-refractivity contribution >= 4 is 17.1 Å². The molecule has 1 aromatic carbocycles. The Kier molecular flexibility index (Phi) is 5.10. The van der Waals surface area contributed by atoms with Crippen LogP contribution in [0.25, 0.3) is 0 Å². The number of likely N-dealkylation sites (N-methyl/N-ethyl adjacent to an activating group) is 1. The highest BCUT2D eigenvalue weighted by Gasteiger charge is 2.12. The molecular formula is C17H21NOS. The van der Waals surface area contributed by atoms with Crippen LogP contribution in [0.2, 0.25) is 0 Å². The molecule has 1 heterocycles. The SMILES string of the molecule is Cc1ccc(C)c(C(=O)CN(C)CCc2cccs2)c1. The Morgan fingerprint density at radius 2 is 2.05 bits per heavy atom. The molecule has 1 aromatic heterocycles. The number of carbonyl (C=O) groups is 1. The molecule has 0 spiro atoms. The van der Waals surface area contributed by atoms with Crippen LogP contribution in [-0.4, -0.2) is 30.8 Å². The van der Waals surface area contributed by atoms with E-state index in [4.69, 9.17) is 0 Å². The maximum absolute atomic E-state index is 12.4. The molecule has 20 heavy (non-hydrogen) atoms. The number of ketones is 1. The number of hydrogen-bond donors (Lipinski definition) is 0. The van der Waals surface area contributed by atoms with Crippen LogP contribution in [0.3, 0.4) is 0 Å². The fourth-order valence-electron chi connectivity index (χ4n) is 2.20. The minimum absolute atomic E-state index is 0.208. The van der Waals surface area contributed by atoms with Gasteiger partial charge in [-0.25, -0.2) is 0 Å². The van der Waals surface area contributed by atoms with E-state index in [-0.39, 0.29) is 5.78 Å². The van der Waals surface area contributed by atoms with Crippen molar-refractivity contribution in [1.82, 2.24) is 4.90 Å². The van der Waals surface area contributed by atoms with Crippen LogP contribution in [0.5, 0.6) is 0 Å². The van der Waals surface area contributed by atoms with Crippen LogP contribution in [0, 0.1) is 13.8 Å². The first kappa shape index (κ1) is 14.9. The molecule has 3 heteroatoms. The molecule has 0 atom stereocenters. The fourth-order valence-corrected chi connectivity index (χ4v) is 2.90. The summed E-state index contributed by atoms with van der Waals surface area (Å²) in [6.45, 7) is 5.42. The molecule has 106 valence electrons. The molecule has 0 N–H and O–H groups in total. The van der Waals surface area contributed by atoms with Crippen molar-refractivity contribution in [2.75, 3.05) is 20.1 Å². The van der Waals surface area contributed by atoms with Crippen molar-refractivity contribution < 1.29 is 4.79 Å². The number of rotatable bonds is 6. The molecule has 0 bridgehead atoms. The van der Waals surface area contributed by atoms with Crippen LogP contribution in [0.15, 0.2) is 35.7 Å². The number of aryl methyl sites for hydroxylation is 2. The van der Waals surface area contributed by atoms with Crippen LogP contribution < -0.4 is 0 Å². The van der Waals surface area contributed by atoms with Gasteiger partial charge in [-0.1, -0.05) is 23.8 Å². The van der Waals surface area contributed by atoms with E-state index in [1.807, 2.05) is 39.1 Å². The number of Topliss-reactive ketones (excluding diaryl/α,β-unsaturated/α-hetero) is 1. The lowest BCUT2D eigenvalue weighted by molar-refractivity contribution is 0.0946. The predicted molar refractivity (Wildman–Crippen MR) is 85.8 cm³/mol. The lowest BCUT2D eigenvalue weighted by Gasteiger charge is -2.16. The smallest absolute Gasteiger partial charge is 0.177 e. The third kappa shape index (κ3) is 4.02. The lowest BCUT2D eigenvalue weighted by Crippen LogP contribution is -2.28. The monoisotopic (exact) mass is 287 g/mol. The standard InChI is InChI=1S/C17H21NOS/c1-13-6-7-14(2)16(11-13)17(19)12-18(3)9-8-15-5-4-10-20-15/h4-7,10-11H,8-9,12H2,1-3H3. The van der Waals surface area contributed by atoms with Gasteiger partial charge in [0.1, 0.15) is 0 Å². The molecule has 0 aliphatic carbocycles. The third-order valence-electron chi connectivity index (χ3n) is 3.43. The summed E-state index contributed by atoms with van der Waals surface area (Å²) >= 11 is 1.77. The fraction of sp³-hybridized carbons (Fsp3) is 0.353. The molecule has 0 amide bonds. The van der Waals surface area contributed by atoms with Crippen molar-refractivity contribution in [2.24, 2.45) is 0 Å². The van der Waals surface area contributed by atoms with E-state index in [1.165, 1.54) is 4.88 Å². The average molecular weight is 287 g/mol. The largest absolute Gasteiger partial charge is 0.299 e. The summed E-state index contributed by atoms with van der Waals surface area (Å²) in [6.07, 6.45) is 1.01. The highest BCUT2D eigenvalue weighted by Crippen LogP contribution is 2.13. The van der Waals surface area contributed by atoms with Crippen molar-refractivity contribution in [3.63, 3.8) is 0 Å². The summed E-state index contributed by atoms with van der Waals surface area (Å²) in [5.74, 6) is 0.208. The lowest BCUT2D eigenvalue weighted by atomic mass is 10.0. The van der Waals surface area contributed by atoms with E-state index >= 15 is 0 Å². The molecular weight excluding hydrogens is 266 g/mol. The Labute approximate surface area is 125 Å². The van der Waals surface area contributed by atoms with E-state index in [0.29, 0.717) is 6.54 Å². The van der Waals surface area contributed by atoms with Gasteiger partial charge in [0, 0.05) is 17.0 Å². The van der Waals surface area contributed by atoms with Gasteiger partial charge in [0.25, 0.3) is 0 Å². The van der Waals surface area contributed by atoms with Gasteiger partial charge in [-0.2, -0.15) is 0 Å². The number of hydrogen-bond acceptors (Lipinski definition) is 3. The Bertz CT molecular complexity index is 575. The van der Waals surface area contributed by atoms with E-state index in [1.54, 1.807) is 11.3 Å². The first-order valence-electron chi connectivity index (χ1n) is 6.87. The Balaban J connectivity index is 1.91. The highest BCUT2D eigenvalue weighted by atomic mass is 32.1. The zero-order chi connectivity index (χ0) is 14.5. The predicted octanol–water partition coefficient (Wildman–Crippen LogP) is 3.72. The van der Waals surface area contributed by atoms with Crippen LogP contribution >= 0.6 is 11.3 Å². The molecule has 0 unspecified atom stereocenters. The Morgan fingerprint density at radius 3 is 2.75 bits per heavy atom. The Morgan fingerprint density at radius 1 is 1.25 bits per heavy atom. The molecule has 0 aliphatic heterocycles. The third-order valence-corrected chi connectivity index (χ3v) is 4.36. The molecule has 0 fully saturated rings. The minimum Gasteiger partial charge on any atom is -0.299 e. The normalized spacial score (nSPS) is 11.0. The maximum Gasteiger partial charge on any atom is 0.177 e. The summed E-state index contributed by atoms with van der Waals surface area (Å²) in [7, 11) is 2.01. The highest BCUT2D eigenvalue weighted by molar-refractivity contribution is 7.09. The molecule has 0 saturated carbocycles. The van der Waals surface area contributed by atoms with E-state index in [0.717, 1.165) is 29.7 Å². The van der Waals surface area contributed by atoms with Gasteiger partial charge in [0.15, 0.2) is 5.78 Å². The van der Waals surface area contributed by atoms with Gasteiger partial charge in [-0.15, -0.1) is 11.3 Å². The second-order valence-corrected chi connectivity index (χ2v) is 6.34. The number of nitrogens with zero attached hydrogens (tertiary/aromatic N) is 1. The van der Waals surface area contributed by atoms with Gasteiger partial charge in [-0.05, 0) is 50.4 Å². The van der Waals surface area contributed by atoms with Gasteiger partial charge in [0.2, 0.25) is 0 Å². The van der Waals surface area contributed by atoms with Crippen LogP contribution in [0.1, 0.15) is 26.4 Å². The molecule has 0 aliphatic rings. The second-order valence-electron chi connectivity index (χ2n) is 5.31. The second kappa shape index (κ2) is 6.82. The van der Waals surface area contributed by atoms with Crippen molar-refractivity contribution in [3.05, 3.63) is 57.3 Å². The van der Waals surface area contributed by atoms with Gasteiger partial charge in [0.05, 0.1) is 6.54 Å². The Hall–Kier alpha value is -1.45. The molecule has 2 nitrogen and oxygen atoms in total. The number of thiophene rings is 1. The number of benzene rings is 1. The van der Waals surface area contributed by atoms with Crippen molar-refractivity contribution in [1.29, 1.82) is 0 Å². The summed E-state index contributed by atoms with van der Waals surface area (Å²) < 4.78 is 0. The van der Waals surface area contributed by atoms with Crippen molar-refractivity contribution in [3.8, 4) is 0 Å². The number of carbonyl (C=O) groups excluding carboxylic acids is 1. The van der Waals surface area contributed by atoms with Gasteiger partial charge >= 0.3 is 0 Å². The maximum atomic E-state index is 12.4. The summed E-state index contributed by atoms with van der Waals surface area (Å²) in [5.41, 5.74) is 3.06. The van der Waals surface area contributed by atoms with E-state index < -0.39 is 0 Å². The van der Waals surface area contributed by atoms with E-state index in [2.05, 4.69) is 22.4 Å². The molecule has 2 rings (SSSR count). The summed E-state index contributed by atoms with van der Waals surface area (Å²) in [4.78, 5) is 15.8. The first-order chi connectivity index (χ1) is 9.56. The van der Waals surface area contributed by atoms with Crippen LogP contribution in [0.4, 0.5) is 0 Å². The average Bonchev–Trinajstić information content (AvgIpc) is 2.92. The summed E-state index contributed by atoms with van der Waals surface area (Å²) in [5, 5.41) is 2.09. The zero-order valence-corrected chi connectivity index (χ0v) is 13.2. The molecule has 2 aromatic rings.